The quantitative estimate of drug-likeness (QED) is 0.904. The van der Waals surface area contributed by atoms with Crippen LogP contribution in [0.25, 0.3) is 5.69 Å². The van der Waals surface area contributed by atoms with Crippen LogP contribution in [0.5, 0.6) is 0 Å². The highest BCUT2D eigenvalue weighted by Crippen LogP contribution is 2.46. The second-order valence-corrected chi connectivity index (χ2v) is 6.69. The van der Waals surface area contributed by atoms with E-state index in [9.17, 15) is 5.11 Å². The lowest BCUT2D eigenvalue weighted by Gasteiger charge is -2.41. The number of hydrogen-bond donors (Lipinski definition) is 1. The summed E-state index contributed by atoms with van der Waals surface area (Å²) in [5.41, 5.74) is 1.33. The molecular formula is C17H22N2O. The van der Waals surface area contributed by atoms with Gasteiger partial charge in [0.05, 0.1) is 11.4 Å². The number of aromatic nitrogens is 2. The van der Waals surface area contributed by atoms with Gasteiger partial charge < -0.3 is 5.11 Å². The molecule has 1 aromatic carbocycles. The zero-order chi connectivity index (χ0) is 14.2. The monoisotopic (exact) mass is 270 g/mol. The molecule has 1 unspecified atom stereocenters. The molecule has 0 amide bonds. The van der Waals surface area contributed by atoms with Gasteiger partial charge in [-0.2, -0.15) is 5.10 Å². The average Bonchev–Trinajstić information content (AvgIpc) is 2.88. The maximum Gasteiger partial charge on any atom is 0.107 e. The number of rotatable bonds is 2. The molecule has 3 rings (SSSR count). The molecule has 1 aliphatic carbocycles. The van der Waals surface area contributed by atoms with Crippen LogP contribution < -0.4 is 0 Å². The molecule has 1 aromatic heterocycles. The molecule has 2 aromatic rings. The van der Waals surface area contributed by atoms with Crippen molar-refractivity contribution in [1.82, 2.24) is 9.78 Å². The van der Waals surface area contributed by atoms with E-state index in [-0.39, 0.29) is 5.41 Å². The molecule has 1 fully saturated rings. The molecule has 0 spiro atoms. The maximum absolute atomic E-state index is 11.1. The molecule has 3 heteroatoms. The van der Waals surface area contributed by atoms with Crippen molar-refractivity contribution in [2.75, 3.05) is 0 Å². The third-order valence-corrected chi connectivity index (χ3v) is 4.34. The second-order valence-electron chi connectivity index (χ2n) is 6.69. The highest BCUT2D eigenvalue weighted by atomic mass is 16.3. The zero-order valence-electron chi connectivity index (χ0n) is 12.2. The van der Waals surface area contributed by atoms with Crippen molar-refractivity contribution in [1.29, 1.82) is 0 Å². The minimum Gasteiger partial charge on any atom is -0.384 e. The summed E-state index contributed by atoms with van der Waals surface area (Å²) >= 11 is 0. The Hall–Kier alpha value is -1.61. The molecule has 1 N–H and O–H groups in total. The Labute approximate surface area is 120 Å². The topological polar surface area (TPSA) is 38.1 Å². The summed E-state index contributed by atoms with van der Waals surface area (Å²) in [6.45, 7) is 4.47. The van der Waals surface area contributed by atoms with E-state index in [1.807, 2.05) is 41.1 Å². The van der Waals surface area contributed by atoms with Crippen LogP contribution in [0.4, 0.5) is 0 Å². The minimum absolute atomic E-state index is 0.179. The van der Waals surface area contributed by atoms with Crippen molar-refractivity contribution in [2.24, 2.45) is 5.41 Å². The summed E-state index contributed by atoms with van der Waals surface area (Å²) in [4.78, 5) is 0. The van der Waals surface area contributed by atoms with E-state index >= 15 is 0 Å². The van der Waals surface area contributed by atoms with Crippen LogP contribution in [0.3, 0.4) is 0 Å². The Kier molecular flexibility index (Phi) is 3.17. The van der Waals surface area contributed by atoms with E-state index in [0.717, 1.165) is 30.6 Å². The number of benzene rings is 1. The molecule has 1 heterocycles. The van der Waals surface area contributed by atoms with Crippen molar-refractivity contribution >= 4 is 0 Å². The van der Waals surface area contributed by atoms with Gasteiger partial charge in [-0.25, -0.2) is 4.68 Å². The number of para-hydroxylation sites is 1. The predicted molar refractivity (Wildman–Crippen MR) is 79.7 cm³/mol. The third kappa shape index (κ3) is 2.38. The summed E-state index contributed by atoms with van der Waals surface area (Å²) in [6.07, 6.45) is 5.62. The molecule has 3 nitrogen and oxygen atoms in total. The van der Waals surface area contributed by atoms with Crippen molar-refractivity contribution in [3.05, 3.63) is 48.3 Å². The van der Waals surface area contributed by atoms with Gasteiger partial charge in [-0.1, -0.05) is 32.0 Å². The molecule has 1 atom stereocenters. The highest BCUT2D eigenvalue weighted by molar-refractivity contribution is 5.34. The third-order valence-electron chi connectivity index (χ3n) is 4.34. The van der Waals surface area contributed by atoms with Crippen molar-refractivity contribution in [3.63, 3.8) is 0 Å². The smallest absolute Gasteiger partial charge is 0.107 e. The summed E-state index contributed by atoms with van der Waals surface area (Å²) in [6, 6.07) is 12.0. The highest BCUT2D eigenvalue weighted by Gasteiger charge is 2.41. The second kappa shape index (κ2) is 4.74. The van der Waals surface area contributed by atoms with E-state index in [1.54, 1.807) is 6.20 Å². The van der Waals surface area contributed by atoms with Crippen LogP contribution in [-0.4, -0.2) is 14.9 Å². The fourth-order valence-corrected chi connectivity index (χ4v) is 3.48. The lowest BCUT2D eigenvalue weighted by molar-refractivity contribution is -0.0490. The van der Waals surface area contributed by atoms with Crippen molar-refractivity contribution < 1.29 is 5.11 Å². The minimum atomic E-state index is -0.770. The maximum atomic E-state index is 11.1. The van der Waals surface area contributed by atoms with E-state index in [0.29, 0.717) is 0 Å². The lowest BCUT2D eigenvalue weighted by atomic mass is 9.68. The molecular weight excluding hydrogens is 248 g/mol. The van der Waals surface area contributed by atoms with Crippen LogP contribution in [0, 0.1) is 5.41 Å². The van der Waals surface area contributed by atoms with Gasteiger partial charge in [0.25, 0.3) is 0 Å². The van der Waals surface area contributed by atoms with Gasteiger partial charge in [0.2, 0.25) is 0 Å². The first-order valence-electron chi connectivity index (χ1n) is 7.33. The molecule has 0 bridgehead atoms. The van der Waals surface area contributed by atoms with E-state index in [1.165, 1.54) is 6.42 Å². The molecule has 1 saturated carbocycles. The average molecular weight is 270 g/mol. The Bertz CT molecular complexity index is 588. The van der Waals surface area contributed by atoms with Gasteiger partial charge in [0.15, 0.2) is 0 Å². The molecule has 0 saturated heterocycles. The van der Waals surface area contributed by atoms with Gasteiger partial charge in [0, 0.05) is 6.20 Å². The van der Waals surface area contributed by atoms with E-state index in [2.05, 4.69) is 18.9 Å². The first-order valence-corrected chi connectivity index (χ1v) is 7.33. The summed E-state index contributed by atoms with van der Waals surface area (Å²) in [7, 11) is 0. The van der Waals surface area contributed by atoms with Gasteiger partial charge in [-0.15, -0.1) is 0 Å². The Morgan fingerprint density at radius 1 is 1.10 bits per heavy atom. The molecule has 0 aliphatic heterocycles. The molecule has 20 heavy (non-hydrogen) atoms. The normalized spacial score (nSPS) is 25.6. The van der Waals surface area contributed by atoms with Gasteiger partial charge >= 0.3 is 0 Å². The van der Waals surface area contributed by atoms with Crippen LogP contribution in [0.1, 0.15) is 45.2 Å². The molecule has 1 aliphatic rings. The first-order chi connectivity index (χ1) is 9.50. The van der Waals surface area contributed by atoms with Crippen molar-refractivity contribution in [3.8, 4) is 5.69 Å². The largest absolute Gasteiger partial charge is 0.384 e. The van der Waals surface area contributed by atoms with Crippen LogP contribution in [0.2, 0.25) is 0 Å². The Balaban J connectivity index is 2.01. The molecule has 106 valence electrons. The summed E-state index contributed by atoms with van der Waals surface area (Å²) in [5.74, 6) is 0. The summed E-state index contributed by atoms with van der Waals surface area (Å²) < 4.78 is 1.88. The van der Waals surface area contributed by atoms with Gasteiger partial charge in [0.1, 0.15) is 5.60 Å². The fourth-order valence-electron chi connectivity index (χ4n) is 3.48. The van der Waals surface area contributed by atoms with Gasteiger partial charge in [-0.3, -0.25) is 0 Å². The zero-order valence-corrected chi connectivity index (χ0v) is 12.2. The standard InChI is InChI=1S/C17H22N2O/c1-16(2)10-6-11-17(20,13-16)15-9-12-18-19(15)14-7-4-3-5-8-14/h3-5,7-9,12,20H,6,10-11,13H2,1-2H3. The number of hydrogen-bond acceptors (Lipinski definition) is 2. The predicted octanol–water partition coefficient (Wildman–Crippen LogP) is 3.66. The number of nitrogens with zero attached hydrogens (tertiary/aromatic N) is 2. The van der Waals surface area contributed by atoms with Crippen LogP contribution in [0.15, 0.2) is 42.6 Å². The van der Waals surface area contributed by atoms with Crippen LogP contribution >= 0.6 is 0 Å². The van der Waals surface area contributed by atoms with E-state index in [4.69, 9.17) is 0 Å². The Morgan fingerprint density at radius 3 is 2.55 bits per heavy atom. The fraction of sp³-hybridized carbons (Fsp3) is 0.471. The summed E-state index contributed by atoms with van der Waals surface area (Å²) in [5, 5.41) is 15.6. The number of aliphatic hydroxyl groups is 1. The molecule has 0 radical (unpaired) electrons. The first kappa shape index (κ1) is 13.4. The van der Waals surface area contributed by atoms with Crippen LogP contribution in [-0.2, 0) is 5.60 Å². The van der Waals surface area contributed by atoms with E-state index < -0.39 is 5.60 Å². The van der Waals surface area contributed by atoms with Gasteiger partial charge in [-0.05, 0) is 49.3 Å². The Morgan fingerprint density at radius 2 is 1.85 bits per heavy atom. The van der Waals surface area contributed by atoms with Crippen molar-refractivity contribution in [2.45, 2.75) is 45.1 Å². The lowest BCUT2D eigenvalue weighted by Crippen LogP contribution is -2.38. The SMILES string of the molecule is CC1(C)CCCC(O)(c2ccnn2-c2ccccc2)C1.